The second-order valence-corrected chi connectivity index (χ2v) is 6.90. The molecule has 0 radical (unpaired) electrons. The van der Waals surface area contributed by atoms with Gasteiger partial charge in [0.05, 0.1) is 16.7 Å². The van der Waals surface area contributed by atoms with Crippen LogP contribution in [-0.2, 0) is 17.8 Å². The highest BCUT2D eigenvalue weighted by molar-refractivity contribution is 7.11. The lowest BCUT2D eigenvalue weighted by atomic mass is 10.2. The molecule has 120 valence electrons. The second-order valence-electron chi connectivity index (χ2n) is 5.50. The first-order valence-corrected chi connectivity index (χ1v) is 8.45. The number of carbonyl (C=O) groups excluding carboxylic acids is 1. The summed E-state index contributed by atoms with van der Waals surface area (Å²) in [7, 11) is 1.86. The summed E-state index contributed by atoms with van der Waals surface area (Å²) in [5.41, 5.74) is 1.01. The van der Waals surface area contributed by atoms with E-state index in [1.54, 1.807) is 22.4 Å². The summed E-state index contributed by atoms with van der Waals surface area (Å²) in [5.74, 6) is 1.16. The molecule has 0 saturated heterocycles. The van der Waals surface area contributed by atoms with Crippen LogP contribution < -0.4 is 0 Å². The summed E-state index contributed by atoms with van der Waals surface area (Å²) in [5, 5.41) is 1.05. The van der Waals surface area contributed by atoms with Gasteiger partial charge in [-0.05, 0) is 20.8 Å². The highest BCUT2D eigenvalue weighted by Crippen LogP contribution is 2.26. The zero-order valence-electron chi connectivity index (χ0n) is 14.0. The Bertz CT molecular complexity index is 646. The number of aryl methyl sites for hydroxylation is 4. The molecule has 2 heterocycles. The van der Waals surface area contributed by atoms with Gasteiger partial charge in [0.2, 0.25) is 5.91 Å². The average Bonchev–Trinajstić information content (AvgIpc) is 3.08. The van der Waals surface area contributed by atoms with E-state index in [1.807, 2.05) is 27.1 Å². The maximum atomic E-state index is 12.4. The molecule has 2 rings (SSSR count). The van der Waals surface area contributed by atoms with Crippen molar-refractivity contribution in [3.63, 3.8) is 0 Å². The Morgan fingerprint density at radius 2 is 2.18 bits per heavy atom. The monoisotopic (exact) mass is 320 g/mol. The maximum absolute atomic E-state index is 12.4. The molecule has 2 aromatic rings. The molecule has 22 heavy (non-hydrogen) atoms. The third kappa shape index (κ3) is 3.55. The molecule has 0 bridgehead atoms. The molecule has 1 unspecified atom stereocenters. The third-order valence-electron chi connectivity index (χ3n) is 3.99. The molecule has 1 atom stereocenters. The highest BCUT2D eigenvalue weighted by Gasteiger charge is 2.21. The Morgan fingerprint density at radius 3 is 2.77 bits per heavy atom. The second kappa shape index (κ2) is 7.05. The molecule has 0 aliphatic rings. The van der Waals surface area contributed by atoms with Gasteiger partial charge in [0.1, 0.15) is 5.82 Å². The molecule has 0 aliphatic heterocycles. The SMILES string of the molecule is CCc1nccn1CCC(=O)N(C)C(C)c1nc(C)sc1C. The van der Waals surface area contributed by atoms with Gasteiger partial charge < -0.3 is 9.47 Å². The lowest BCUT2D eigenvalue weighted by Crippen LogP contribution is -2.31. The van der Waals surface area contributed by atoms with E-state index in [9.17, 15) is 4.79 Å². The third-order valence-corrected chi connectivity index (χ3v) is 4.90. The van der Waals surface area contributed by atoms with Crippen LogP contribution in [-0.4, -0.2) is 32.4 Å². The standard InChI is InChI=1S/C16H24N4OS/c1-6-14-17-8-10-20(14)9-7-15(21)19(5)11(2)16-12(3)22-13(4)18-16/h8,10-11H,6-7,9H2,1-5H3. The van der Waals surface area contributed by atoms with Crippen molar-refractivity contribution in [1.82, 2.24) is 19.4 Å². The molecule has 0 fully saturated rings. The first kappa shape index (κ1) is 16.7. The van der Waals surface area contributed by atoms with Crippen molar-refractivity contribution in [1.29, 1.82) is 0 Å². The molecule has 0 spiro atoms. The normalized spacial score (nSPS) is 12.4. The molecule has 6 heteroatoms. The number of hydrogen-bond donors (Lipinski definition) is 0. The number of aromatic nitrogens is 3. The lowest BCUT2D eigenvalue weighted by molar-refractivity contribution is -0.132. The van der Waals surface area contributed by atoms with Crippen molar-refractivity contribution in [2.75, 3.05) is 7.05 Å². The number of thiazole rings is 1. The Hall–Kier alpha value is -1.69. The van der Waals surface area contributed by atoms with Crippen molar-refractivity contribution in [3.8, 4) is 0 Å². The molecule has 2 aromatic heterocycles. The molecular formula is C16H24N4OS. The van der Waals surface area contributed by atoms with Gasteiger partial charge in [0, 0.05) is 43.7 Å². The zero-order chi connectivity index (χ0) is 16.3. The van der Waals surface area contributed by atoms with Gasteiger partial charge in [0.15, 0.2) is 0 Å². The van der Waals surface area contributed by atoms with Crippen LogP contribution in [0.25, 0.3) is 0 Å². The fourth-order valence-electron chi connectivity index (χ4n) is 2.58. The summed E-state index contributed by atoms with van der Waals surface area (Å²) in [6, 6.07) is 0.00545. The van der Waals surface area contributed by atoms with Crippen LogP contribution in [0.5, 0.6) is 0 Å². The van der Waals surface area contributed by atoms with Gasteiger partial charge in [0.25, 0.3) is 0 Å². The van der Waals surface area contributed by atoms with Crippen LogP contribution in [0.4, 0.5) is 0 Å². The minimum Gasteiger partial charge on any atom is -0.337 e. The van der Waals surface area contributed by atoms with Crippen LogP contribution in [0.15, 0.2) is 12.4 Å². The quantitative estimate of drug-likeness (QED) is 0.821. The van der Waals surface area contributed by atoms with Crippen LogP contribution >= 0.6 is 11.3 Å². The Kier molecular flexibility index (Phi) is 5.34. The van der Waals surface area contributed by atoms with Crippen LogP contribution in [0.2, 0.25) is 0 Å². The van der Waals surface area contributed by atoms with Crippen molar-refractivity contribution in [3.05, 3.63) is 33.8 Å². The molecule has 0 N–H and O–H groups in total. The summed E-state index contributed by atoms with van der Waals surface area (Å²) in [4.78, 5) is 24.3. The van der Waals surface area contributed by atoms with Crippen molar-refractivity contribution < 1.29 is 4.79 Å². The van der Waals surface area contributed by atoms with E-state index in [4.69, 9.17) is 0 Å². The van der Waals surface area contributed by atoms with Gasteiger partial charge in [-0.2, -0.15) is 0 Å². The van der Waals surface area contributed by atoms with Gasteiger partial charge >= 0.3 is 0 Å². The maximum Gasteiger partial charge on any atom is 0.224 e. The van der Waals surface area contributed by atoms with Crippen molar-refractivity contribution >= 4 is 17.2 Å². The minimum absolute atomic E-state index is 0.00545. The Morgan fingerprint density at radius 1 is 1.45 bits per heavy atom. The molecule has 0 saturated carbocycles. The number of hydrogen-bond acceptors (Lipinski definition) is 4. The Balaban J connectivity index is 1.98. The first-order valence-electron chi connectivity index (χ1n) is 7.63. The topological polar surface area (TPSA) is 51.0 Å². The zero-order valence-corrected chi connectivity index (χ0v) is 14.8. The van der Waals surface area contributed by atoms with Crippen molar-refractivity contribution in [2.45, 2.75) is 53.1 Å². The smallest absolute Gasteiger partial charge is 0.224 e. The van der Waals surface area contributed by atoms with E-state index in [0.717, 1.165) is 22.9 Å². The fourth-order valence-corrected chi connectivity index (χ4v) is 3.49. The molecule has 5 nitrogen and oxygen atoms in total. The molecule has 0 aliphatic carbocycles. The largest absolute Gasteiger partial charge is 0.337 e. The average molecular weight is 320 g/mol. The summed E-state index contributed by atoms with van der Waals surface area (Å²) in [6.45, 7) is 8.85. The van der Waals surface area contributed by atoms with Gasteiger partial charge in [-0.25, -0.2) is 9.97 Å². The summed E-state index contributed by atoms with van der Waals surface area (Å²) in [6.07, 6.45) is 5.08. The van der Waals surface area contributed by atoms with E-state index in [0.29, 0.717) is 13.0 Å². The van der Waals surface area contributed by atoms with Crippen molar-refractivity contribution in [2.24, 2.45) is 0 Å². The van der Waals surface area contributed by atoms with Gasteiger partial charge in [-0.1, -0.05) is 6.92 Å². The number of rotatable bonds is 6. The van der Waals surface area contributed by atoms with Crippen LogP contribution in [0.3, 0.4) is 0 Å². The molecule has 1 amide bonds. The van der Waals surface area contributed by atoms with Crippen LogP contribution in [0, 0.1) is 13.8 Å². The molecular weight excluding hydrogens is 296 g/mol. The number of amides is 1. The van der Waals surface area contributed by atoms with E-state index in [-0.39, 0.29) is 11.9 Å². The predicted molar refractivity (Wildman–Crippen MR) is 89.0 cm³/mol. The van der Waals surface area contributed by atoms with E-state index < -0.39 is 0 Å². The van der Waals surface area contributed by atoms with Crippen LogP contribution in [0.1, 0.15) is 47.7 Å². The minimum atomic E-state index is 0.00545. The lowest BCUT2D eigenvalue weighted by Gasteiger charge is -2.24. The predicted octanol–water partition coefficient (Wildman–Crippen LogP) is 3.13. The number of carbonyl (C=O) groups is 1. The fraction of sp³-hybridized carbons (Fsp3) is 0.562. The van der Waals surface area contributed by atoms with Gasteiger partial charge in [-0.15, -0.1) is 11.3 Å². The van der Waals surface area contributed by atoms with E-state index in [2.05, 4.69) is 28.4 Å². The molecule has 0 aromatic carbocycles. The van der Waals surface area contributed by atoms with E-state index in [1.165, 1.54) is 4.88 Å². The summed E-state index contributed by atoms with van der Waals surface area (Å²) >= 11 is 1.68. The van der Waals surface area contributed by atoms with E-state index >= 15 is 0 Å². The highest BCUT2D eigenvalue weighted by atomic mass is 32.1. The summed E-state index contributed by atoms with van der Waals surface area (Å²) < 4.78 is 2.05. The van der Waals surface area contributed by atoms with Gasteiger partial charge in [-0.3, -0.25) is 4.79 Å². The first-order chi connectivity index (χ1) is 10.4. The number of nitrogens with zero attached hydrogens (tertiary/aromatic N) is 4. The number of imidazole rings is 1. The Labute approximate surface area is 136 Å².